The largest absolute Gasteiger partial charge is 0.311 e. The number of hydrogen-bond donors (Lipinski definition) is 1. The van der Waals surface area contributed by atoms with Gasteiger partial charge in [0.2, 0.25) is 0 Å². The molecule has 2 nitrogen and oxygen atoms in total. The zero-order chi connectivity index (χ0) is 11.8. The van der Waals surface area contributed by atoms with E-state index in [-0.39, 0.29) is 12.4 Å². The monoisotopic (exact) mass is 350 g/mol. The summed E-state index contributed by atoms with van der Waals surface area (Å²) in [5.41, 5.74) is 0. The number of halogens is 2. The molecule has 2 atom stereocenters. The van der Waals surface area contributed by atoms with Gasteiger partial charge in [-0.05, 0) is 54.7 Å². The molecule has 0 spiro atoms. The van der Waals surface area contributed by atoms with Crippen molar-refractivity contribution in [1.29, 1.82) is 0 Å². The first-order chi connectivity index (χ1) is 8.20. The summed E-state index contributed by atoms with van der Waals surface area (Å²) in [6.07, 6.45) is 5.44. The lowest BCUT2D eigenvalue weighted by molar-refractivity contribution is 0.167. The van der Waals surface area contributed by atoms with Crippen LogP contribution in [-0.2, 0) is 6.54 Å². The molecule has 0 saturated carbocycles. The summed E-state index contributed by atoms with van der Waals surface area (Å²) in [4.78, 5) is 4.01. The molecule has 0 aromatic carbocycles. The summed E-state index contributed by atoms with van der Waals surface area (Å²) in [6, 6.07) is 4.60. The number of hydrogen-bond acceptors (Lipinski definition) is 3. The number of nitrogens with zero attached hydrogens (tertiary/aromatic N) is 1. The minimum absolute atomic E-state index is 0. The second-order valence-corrected chi connectivity index (χ2v) is 7.32. The van der Waals surface area contributed by atoms with E-state index in [9.17, 15) is 0 Å². The number of thiophene rings is 1. The first-order valence-electron chi connectivity index (χ1n) is 6.40. The molecule has 2 aliphatic heterocycles. The maximum Gasteiger partial charge on any atom is 0.0328 e. The van der Waals surface area contributed by atoms with Crippen LogP contribution in [0.4, 0.5) is 0 Å². The molecule has 1 N–H and O–H groups in total. The lowest BCUT2D eigenvalue weighted by Gasteiger charge is -2.35. The van der Waals surface area contributed by atoms with Crippen molar-refractivity contribution in [2.75, 3.05) is 7.05 Å². The molecule has 18 heavy (non-hydrogen) atoms. The number of fused-ring (bicyclic) bond motifs is 2. The second kappa shape index (κ2) is 6.23. The highest BCUT2D eigenvalue weighted by molar-refractivity contribution is 9.10. The number of piperidine rings is 1. The van der Waals surface area contributed by atoms with Crippen LogP contribution < -0.4 is 5.32 Å². The van der Waals surface area contributed by atoms with Crippen molar-refractivity contribution in [3.8, 4) is 0 Å². The van der Waals surface area contributed by atoms with E-state index in [1.165, 1.54) is 35.0 Å². The van der Waals surface area contributed by atoms with Crippen LogP contribution in [0.3, 0.4) is 0 Å². The summed E-state index contributed by atoms with van der Waals surface area (Å²) in [5, 5.41) is 5.89. The molecule has 2 unspecified atom stereocenters. The molecule has 2 fully saturated rings. The highest BCUT2D eigenvalue weighted by atomic mass is 79.9. The van der Waals surface area contributed by atoms with Crippen molar-refractivity contribution in [1.82, 2.24) is 10.2 Å². The Balaban J connectivity index is 0.00000120. The van der Waals surface area contributed by atoms with Gasteiger partial charge in [-0.2, -0.15) is 0 Å². The molecule has 3 rings (SSSR count). The fraction of sp³-hybridized carbons (Fsp3) is 0.692. The maximum atomic E-state index is 3.71. The van der Waals surface area contributed by atoms with Gasteiger partial charge in [0.25, 0.3) is 0 Å². The third-order valence-electron chi connectivity index (χ3n) is 4.10. The molecule has 5 heteroatoms. The number of rotatable bonds is 3. The van der Waals surface area contributed by atoms with E-state index < -0.39 is 0 Å². The first-order valence-corrected chi connectivity index (χ1v) is 8.07. The van der Waals surface area contributed by atoms with Crippen molar-refractivity contribution in [2.24, 2.45) is 0 Å². The maximum absolute atomic E-state index is 3.71. The van der Waals surface area contributed by atoms with E-state index in [0.717, 1.165) is 24.7 Å². The standard InChI is InChI=1S/C13H19BrN2S.ClH/c1-16(7-13-4-9(14)8-17-13)12-5-10-2-3-11(6-12)15-10;/h4,8,10-12,15H,2-3,5-7H2,1H3;1H. The van der Waals surface area contributed by atoms with Crippen LogP contribution in [0.1, 0.15) is 30.6 Å². The van der Waals surface area contributed by atoms with Gasteiger partial charge in [0.05, 0.1) is 0 Å². The Bertz CT molecular complexity index is 386. The quantitative estimate of drug-likeness (QED) is 0.894. The topological polar surface area (TPSA) is 15.3 Å². The van der Waals surface area contributed by atoms with Crippen LogP contribution in [-0.4, -0.2) is 30.1 Å². The van der Waals surface area contributed by atoms with Gasteiger partial charge in [0.1, 0.15) is 0 Å². The van der Waals surface area contributed by atoms with Gasteiger partial charge in [-0.1, -0.05) is 0 Å². The summed E-state index contributed by atoms with van der Waals surface area (Å²) in [6.45, 7) is 1.10. The summed E-state index contributed by atoms with van der Waals surface area (Å²) < 4.78 is 1.22. The Morgan fingerprint density at radius 2 is 2.06 bits per heavy atom. The van der Waals surface area contributed by atoms with Crippen LogP contribution in [0.2, 0.25) is 0 Å². The van der Waals surface area contributed by atoms with Crippen LogP contribution in [0.5, 0.6) is 0 Å². The fourth-order valence-electron chi connectivity index (χ4n) is 3.20. The minimum Gasteiger partial charge on any atom is -0.311 e. The Labute approximate surface area is 128 Å². The zero-order valence-electron chi connectivity index (χ0n) is 10.6. The average molecular weight is 352 g/mol. The van der Waals surface area contributed by atoms with E-state index in [1.807, 2.05) is 11.3 Å². The first kappa shape index (κ1) is 14.8. The molecule has 3 heterocycles. The predicted molar refractivity (Wildman–Crippen MR) is 83.7 cm³/mol. The summed E-state index contributed by atoms with van der Waals surface area (Å²) in [5.74, 6) is 0. The molecule has 1 aromatic rings. The van der Waals surface area contributed by atoms with Gasteiger partial charge in [0, 0.05) is 39.4 Å². The van der Waals surface area contributed by atoms with Crippen molar-refractivity contribution in [2.45, 2.75) is 50.4 Å². The van der Waals surface area contributed by atoms with Gasteiger partial charge >= 0.3 is 0 Å². The third-order valence-corrected chi connectivity index (χ3v) is 5.78. The van der Waals surface area contributed by atoms with Crippen LogP contribution >= 0.6 is 39.7 Å². The Morgan fingerprint density at radius 1 is 1.39 bits per heavy atom. The number of nitrogens with one attached hydrogen (secondary N) is 1. The lowest BCUT2D eigenvalue weighted by Crippen LogP contribution is -2.46. The summed E-state index contributed by atoms with van der Waals surface area (Å²) >= 11 is 5.38. The molecular weight excluding hydrogens is 332 g/mol. The fourth-order valence-corrected chi connectivity index (χ4v) is 4.71. The third kappa shape index (κ3) is 3.28. The Kier molecular flexibility index (Phi) is 5.12. The van der Waals surface area contributed by atoms with E-state index in [4.69, 9.17) is 0 Å². The van der Waals surface area contributed by atoms with Crippen LogP contribution in [0.25, 0.3) is 0 Å². The normalized spacial score (nSPS) is 30.5. The van der Waals surface area contributed by atoms with Gasteiger partial charge in [-0.25, -0.2) is 0 Å². The van der Waals surface area contributed by atoms with Crippen molar-refractivity contribution < 1.29 is 0 Å². The molecule has 0 aliphatic carbocycles. The van der Waals surface area contributed by atoms with E-state index in [0.29, 0.717) is 0 Å². The van der Waals surface area contributed by atoms with E-state index >= 15 is 0 Å². The lowest BCUT2D eigenvalue weighted by atomic mass is 9.98. The van der Waals surface area contributed by atoms with Crippen molar-refractivity contribution >= 4 is 39.7 Å². The van der Waals surface area contributed by atoms with Gasteiger partial charge in [-0.15, -0.1) is 23.7 Å². The van der Waals surface area contributed by atoms with Crippen molar-refractivity contribution in [3.63, 3.8) is 0 Å². The van der Waals surface area contributed by atoms with Crippen LogP contribution in [0, 0.1) is 0 Å². The van der Waals surface area contributed by atoms with Crippen molar-refractivity contribution in [3.05, 3.63) is 20.8 Å². The molecule has 0 amide bonds. The van der Waals surface area contributed by atoms with Gasteiger partial charge < -0.3 is 5.32 Å². The van der Waals surface area contributed by atoms with E-state index in [2.05, 4.69) is 44.6 Å². The highest BCUT2D eigenvalue weighted by Crippen LogP contribution is 2.30. The SMILES string of the molecule is CN(Cc1cc(Br)cs1)C1CC2CCC(C1)N2.Cl. The zero-order valence-corrected chi connectivity index (χ0v) is 13.8. The molecule has 2 aliphatic rings. The molecule has 2 bridgehead atoms. The Hall–Kier alpha value is 0.390. The predicted octanol–water partition coefficient (Wildman–Crippen LogP) is 3.65. The smallest absolute Gasteiger partial charge is 0.0328 e. The Morgan fingerprint density at radius 3 is 2.61 bits per heavy atom. The van der Waals surface area contributed by atoms with Crippen LogP contribution in [0.15, 0.2) is 15.9 Å². The second-order valence-electron chi connectivity index (χ2n) is 5.41. The highest BCUT2D eigenvalue weighted by Gasteiger charge is 2.34. The summed E-state index contributed by atoms with van der Waals surface area (Å²) in [7, 11) is 2.28. The molecule has 2 saturated heterocycles. The van der Waals surface area contributed by atoms with Gasteiger partial charge in [0.15, 0.2) is 0 Å². The minimum atomic E-state index is 0. The molecule has 102 valence electrons. The molecule has 1 aromatic heterocycles. The van der Waals surface area contributed by atoms with E-state index in [1.54, 1.807) is 0 Å². The average Bonchev–Trinajstić information content (AvgIpc) is 2.85. The van der Waals surface area contributed by atoms with Gasteiger partial charge in [-0.3, -0.25) is 4.90 Å². The molecule has 0 radical (unpaired) electrons. The molecular formula is C13H20BrClN2S.